The van der Waals surface area contributed by atoms with Crippen LogP contribution in [-0.4, -0.2) is 29.7 Å². The van der Waals surface area contributed by atoms with Crippen LogP contribution in [0.15, 0.2) is 0 Å². The van der Waals surface area contributed by atoms with Crippen molar-refractivity contribution in [2.75, 3.05) is 18.9 Å². The van der Waals surface area contributed by atoms with Gasteiger partial charge in [-0.2, -0.15) is 0 Å². The number of halogens is 1. The number of carbonyl (C=O) groups excluding carboxylic acids is 1. The van der Waals surface area contributed by atoms with Crippen molar-refractivity contribution in [3.8, 4) is 0 Å². The molecule has 0 aliphatic rings. The Kier molecular flexibility index (Phi) is 5.56. The molecule has 0 N–H and O–H groups in total. The van der Waals surface area contributed by atoms with Crippen LogP contribution in [0.4, 0.5) is 0 Å². The fourth-order valence-corrected chi connectivity index (χ4v) is 1.29. The molecule has 0 fully saturated rings. The summed E-state index contributed by atoms with van der Waals surface area (Å²) in [5.74, 6) is 0.694. The average Bonchev–Trinajstić information content (AvgIpc) is 1.86. The van der Waals surface area contributed by atoms with Crippen molar-refractivity contribution in [3.63, 3.8) is 0 Å². The van der Waals surface area contributed by atoms with Gasteiger partial charge in [-0.25, -0.2) is 0 Å². The Morgan fingerprint density at radius 3 is 2.45 bits per heavy atom. The Balaban J connectivity index is 3.64. The predicted octanol–water partition coefficient (Wildman–Crippen LogP) is 1.89. The fraction of sp³-hybridized carbons (Fsp3) is 0.875. The lowest BCUT2D eigenvalue weighted by molar-refractivity contribution is -0.130. The van der Waals surface area contributed by atoms with Crippen LogP contribution in [0.5, 0.6) is 0 Å². The molecular formula is C8H16BrNO. The van der Waals surface area contributed by atoms with E-state index in [0.717, 1.165) is 11.9 Å². The van der Waals surface area contributed by atoms with Gasteiger partial charge in [0.2, 0.25) is 5.91 Å². The lowest BCUT2D eigenvalue weighted by Crippen LogP contribution is -2.29. The van der Waals surface area contributed by atoms with Crippen LogP contribution < -0.4 is 0 Å². The van der Waals surface area contributed by atoms with Crippen LogP contribution in [-0.2, 0) is 4.79 Å². The van der Waals surface area contributed by atoms with Crippen LogP contribution >= 0.6 is 15.9 Å². The third-order valence-corrected chi connectivity index (χ3v) is 1.78. The average molecular weight is 222 g/mol. The number of hydrogen-bond donors (Lipinski definition) is 0. The monoisotopic (exact) mass is 221 g/mol. The van der Waals surface area contributed by atoms with E-state index in [1.165, 1.54) is 0 Å². The number of rotatable bonds is 4. The molecule has 0 aliphatic heterocycles. The molecule has 0 aromatic heterocycles. The third kappa shape index (κ3) is 5.24. The molecule has 0 aromatic carbocycles. The summed E-state index contributed by atoms with van der Waals surface area (Å²) in [6.07, 6.45) is 0.656. The first-order chi connectivity index (χ1) is 5.07. The molecule has 0 saturated carbocycles. The van der Waals surface area contributed by atoms with Crippen LogP contribution in [0.1, 0.15) is 20.3 Å². The first kappa shape index (κ1) is 11.0. The van der Waals surface area contributed by atoms with Crippen LogP contribution in [0.3, 0.4) is 0 Å². The van der Waals surface area contributed by atoms with Gasteiger partial charge in [-0.05, 0) is 5.92 Å². The van der Waals surface area contributed by atoms with Gasteiger partial charge in [-0.15, -0.1) is 0 Å². The number of nitrogens with zero attached hydrogens (tertiary/aromatic N) is 1. The second-order valence-electron chi connectivity index (χ2n) is 3.10. The van der Waals surface area contributed by atoms with E-state index in [1.807, 2.05) is 7.05 Å². The highest BCUT2D eigenvalue weighted by Gasteiger charge is 2.08. The third-order valence-electron chi connectivity index (χ3n) is 1.43. The van der Waals surface area contributed by atoms with E-state index in [4.69, 9.17) is 0 Å². The Hall–Kier alpha value is -0.0500. The Bertz CT molecular complexity index is 125. The molecule has 0 aromatic rings. The Morgan fingerprint density at radius 1 is 1.55 bits per heavy atom. The lowest BCUT2D eigenvalue weighted by Gasteiger charge is -2.16. The second-order valence-corrected chi connectivity index (χ2v) is 3.90. The van der Waals surface area contributed by atoms with Gasteiger partial charge in [0, 0.05) is 25.3 Å². The van der Waals surface area contributed by atoms with Gasteiger partial charge < -0.3 is 4.90 Å². The summed E-state index contributed by atoms with van der Waals surface area (Å²) in [7, 11) is 1.84. The van der Waals surface area contributed by atoms with Gasteiger partial charge in [0.05, 0.1) is 0 Å². The number of hydrogen-bond acceptors (Lipinski definition) is 1. The normalized spacial score (nSPS) is 10.3. The minimum atomic E-state index is 0.236. The number of carbonyl (C=O) groups is 1. The topological polar surface area (TPSA) is 20.3 Å². The van der Waals surface area contributed by atoms with E-state index in [2.05, 4.69) is 29.8 Å². The zero-order valence-corrected chi connectivity index (χ0v) is 9.02. The Labute approximate surface area is 77.1 Å². The SMILES string of the molecule is CC(C)CC(=O)N(C)CCBr. The highest BCUT2D eigenvalue weighted by Crippen LogP contribution is 2.02. The van der Waals surface area contributed by atoms with Crippen LogP contribution in [0.25, 0.3) is 0 Å². The van der Waals surface area contributed by atoms with Crippen molar-refractivity contribution in [3.05, 3.63) is 0 Å². The maximum absolute atomic E-state index is 11.2. The fourth-order valence-electron chi connectivity index (χ4n) is 0.757. The maximum atomic E-state index is 11.2. The summed E-state index contributed by atoms with van der Waals surface area (Å²) >= 11 is 3.29. The minimum Gasteiger partial charge on any atom is -0.345 e. The van der Waals surface area contributed by atoms with E-state index in [0.29, 0.717) is 12.3 Å². The molecule has 66 valence electrons. The van der Waals surface area contributed by atoms with E-state index in [1.54, 1.807) is 4.90 Å². The summed E-state index contributed by atoms with van der Waals surface area (Å²) in [6.45, 7) is 4.91. The van der Waals surface area contributed by atoms with Gasteiger partial charge in [-0.1, -0.05) is 29.8 Å². The molecule has 0 bridgehead atoms. The summed E-state index contributed by atoms with van der Waals surface area (Å²) in [4.78, 5) is 13.0. The predicted molar refractivity (Wildman–Crippen MR) is 50.9 cm³/mol. The molecule has 0 unspecified atom stereocenters. The molecular weight excluding hydrogens is 206 g/mol. The van der Waals surface area contributed by atoms with Gasteiger partial charge in [0.1, 0.15) is 0 Å². The summed E-state index contributed by atoms with van der Waals surface area (Å²) < 4.78 is 0. The molecule has 0 spiro atoms. The summed E-state index contributed by atoms with van der Waals surface area (Å²) in [5, 5.41) is 0.854. The number of alkyl halides is 1. The summed E-state index contributed by atoms with van der Waals surface area (Å²) in [5.41, 5.74) is 0. The highest BCUT2D eigenvalue weighted by atomic mass is 79.9. The molecule has 1 amide bonds. The van der Waals surface area contributed by atoms with Crippen molar-refractivity contribution < 1.29 is 4.79 Å². The van der Waals surface area contributed by atoms with Gasteiger partial charge >= 0.3 is 0 Å². The molecule has 0 aliphatic carbocycles. The lowest BCUT2D eigenvalue weighted by atomic mass is 10.1. The second kappa shape index (κ2) is 5.58. The number of amides is 1. The Morgan fingerprint density at radius 2 is 2.09 bits per heavy atom. The van der Waals surface area contributed by atoms with E-state index >= 15 is 0 Å². The van der Waals surface area contributed by atoms with Gasteiger partial charge in [0.25, 0.3) is 0 Å². The summed E-state index contributed by atoms with van der Waals surface area (Å²) in [6, 6.07) is 0. The first-order valence-corrected chi connectivity index (χ1v) is 5.00. The van der Waals surface area contributed by atoms with Crippen molar-refractivity contribution in [1.29, 1.82) is 0 Å². The van der Waals surface area contributed by atoms with E-state index in [9.17, 15) is 4.79 Å². The van der Waals surface area contributed by atoms with Crippen molar-refractivity contribution >= 4 is 21.8 Å². The van der Waals surface area contributed by atoms with E-state index < -0.39 is 0 Å². The highest BCUT2D eigenvalue weighted by molar-refractivity contribution is 9.09. The van der Waals surface area contributed by atoms with Crippen LogP contribution in [0, 0.1) is 5.92 Å². The molecule has 0 radical (unpaired) electrons. The van der Waals surface area contributed by atoms with E-state index in [-0.39, 0.29) is 5.91 Å². The zero-order chi connectivity index (χ0) is 8.85. The van der Waals surface area contributed by atoms with Crippen LogP contribution in [0.2, 0.25) is 0 Å². The molecule has 0 atom stereocenters. The molecule has 2 nitrogen and oxygen atoms in total. The quantitative estimate of drug-likeness (QED) is 0.665. The van der Waals surface area contributed by atoms with Gasteiger partial charge in [0.15, 0.2) is 0 Å². The maximum Gasteiger partial charge on any atom is 0.222 e. The smallest absolute Gasteiger partial charge is 0.222 e. The molecule has 0 rings (SSSR count). The minimum absolute atomic E-state index is 0.236. The van der Waals surface area contributed by atoms with Crippen molar-refractivity contribution in [1.82, 2.24) is 4.90 Å². The largest absolute Gasteiger partial charge is 0.345 e. The van der Waals surface area contributed by atoms with Crippen molar-refractivity contribution in [2.45, 2.75) is 20.3 Å². The van der Waals surface area contributed by atoms with Crippen molar-refractivity contribution in [2.24, 2.45) is 5.92 Å². The molecule has 0 heterocycles. The molecule has 0 saturated heterocycles. The van der Waals surface area contributed by atoms with Gasteiger partial charge in [-0.3, -0.25) is 4.79 Å². The standard InChI is InChI=1S/C8H16BrNO/c1-7(2)6-8(11)10(3)5-4-9/h7H,4-6H2,1-3H3. The molecule has 11 heavy (non-hydrogen) atoms. The zero-order valence-electron chi connectivity index (χ0n) is 7.43. The molecule has 3 heteroatoms. The first-order valence-electron chi connectivity index (χ1n) is 3.87.